The van der Waals surface area contributed by atoms with Gasteiger partial charge in [-0.3, -0.25) is 4.90 Å². The Balaban J connectivity index is 2.04. The normalized spacial score (nSPS) is 19.7. The topological polar surface area (TPSA) is 43.7 Å². The van der Waals surface area contributed by atoms with E-state index < -0.39 is 7.12 Å². The van der Waals surface area contributed by atoms with Crippen LogP contribution in [0.5, 0.6) is 0 Å². The molecule has 1 atom stereocenters. The molecule has 0 amide bonds. The Bertz CT molecular complexity index is 336. The van der Waals surface area contributed by atoms with Crippen molar-refractivity contribution in [2.75, 3.05) is 13.1 Å². The number of rotatable bonds is 3. The van der Waals surface area contributed by atoms with Crippen LogP contribution >= 0.6 is 11.3 Å². The Labute approximate surface area is 101 Å². The summed E-state index contributed by atoms with van der Waals surface area (Å²) in [4.78, 5) is 3.70. The van der Waals surface area contributed by atoms with E-state index >= 15 is 0 Å². The van der Waals surface area contributed by atoms with Gasteiger partial charge in [-0.15, -0.1) is 11.3 Å². The van der Waals surface area contributed by atoms with Gasteiger partial charge in [0.1, 0.15) is 0 Å². The van der Waals surface area contributed by atoms with Crippen molar-refractivity contribution in [2.24, 2.45) is 0 Å². The van der Waals surface area contributed by atoms with Gasteiger partial charge < -0.3 is 10.0 Å². The third-order valence-electron chi connectivity index (χ3n) is 3.25. The van der Waals surface area contributed by atoms with E-state index in [0.29, 0.717) is 10.8 Å². The molecule has 1 aliphatic rings. The zero-order valence-electron chi connectivity index (χ0n) is 9.59. The third-order valence-corrected chi connectivity index (χ3v) is 4.55. The number of likely N-dealkylation sites (tertiary alicyclic amines) is 1. The van der Waals surface area contributed by atoms with Crippen molar-refractivity contribution in [3.8, 4) is 0 Å². The molecule has 0 bridgehead atoms. The van der Waals surface area contributed by atoms with Crippen molar-refractivity contribution >= 4 is 23.2 Å². The van der Waals surface area contributed by atoms with Crippen molar-refractivity contribution in [2.45, 2.75) is 32.2 Å². The van der Waals surface area contributed by atoms with Crippen LogP contribution in [0.1, 0.15) is 37.1 Å². The van der Waals surface area contributed by atoms with E-state index in [0.717, 1.165) is 13.1 Å². The van der Waals surface area contributed by atoms with Gasteiger partial charge in [-0.05, 0) is 38.9 Å². The average molecular weight is 239 g/mol. The molecule has 3 nitrogen and oxygen atoms in total. The predicted molar refractivity (Wildman–Crippen MR) is 68.0 cm³/mol. The second-order valence-electron chi connectivity index (χ2n) is 4.39. The minimum Gasteiger partial charge on any atom is -0.423 e. The summed E-state index contributed by atoms with van der Waals surface area (Å²) in [6, 6.07) is 4.22. The molecular weight excluding hydrogens is 221 g/mol. The zero-order chi connectivity index (χ0) is 11.5. The minimum absolute atomic E-state index is 0.401. The minimum atomic E-state index is -1.33. The molecule has 1 aliphatic heterocycles. The standard InChI is InChI=1S/C11H18BNO2S/c1-9(13-7-3-2-4-8-13)10-5-6-11(16-10)12(14)15/h5-6,9,14-15H,2-4,7-8H2,1H3/t9-/m1/s1. The number of thiophene rings is 1. The Kier molecular flexibility index (Phi) is 4.02. The van der Waals surface area contributed by atoms with Crippen LogP contribution in [0.3, 0.4) is 0 Å². The van der Waals surface area contributed by atoms with Gasteiger partial charge in [0.2, 0.25) is 0 Å². The highest BCUT2D eigenvalue weighted by atomic mass is 32.1. The molecule has 2 rings (SSSR count). The first-order valence-corrected chi connectivity index (χ1v) is 6.70. The summed E-state index contributed by atoms with van der Waals surface area (Å²) in [6.07, 6.45) is 3.91. The monoisotopic (exact) mass is 239 g/mol. The van der Waals surface area contributed by atoms with Crippen molar-refractivity contribution in [1.29, 1.82) is 0 Å². The highest BCUT2D eigenvalue weighted by Gasteiger charge is 2.21. The number of hydrogen-bond acceptors (Lipinski definition) is 4. The van der Waals surface area contributed by atoms with E-state index in [4.69, 9.17) is 10.0 Å². The summed E-state index contributed by atoms with van der Waals surface area (Å²) >= 11 is 1.50. The fraction of sp³-hybridized carbons (Fsp3) is 0.636. The van der Waals surface area contributed by atoms with Gasteiger partial charge in [0.25, 0.3) is 0 Å². The number of hydrogen-bond donors (Lipinski definition) is 2. The summed E-state index contributed by atoms with van der Waals surface area (Å²) in [5.41, 5.74) is 0. The molecule has 16 heavy (non-hydrogen) atoms. The quantitative estimate of drug-likeness (QED) is 0.772. The first kappa shape index (κ1) is 12.1. The van der Waals surface area contributed by atoms with Gasteiger partial charge in [-0.2, -0.15) is 0 Å². The van der Waals surface area contributed by atoms with E-state index in [-0.39, 0.29) is 0 Å². The Hall–Kier alpha value is -0.355. The summed E-state index contributed by atoms with van der Waals surface area (Å²) < 4.78 is 0.638. The van der Waals surface area contributed by atoms with Gasteiger partial charge in [0.15, 0.2) is 0 Å². The Morgan fingerprint density at radius 1 is 1.25 bits per heavy atom. The van der Waals surface area contributed by atoms with Crippen molar-refractivity contribution in [1.82, 2.24) is 4.90 Å². The lowest BCUT2D eigenvalue weighted by molar-refractivity contribution is 0.177. The molecule has 1 saturated heterocycles. The van der Waals surface area contributed by atoms with E-state index in [1.54, 1.807) is 0 Å². The maximum Gasteiger partial charge on any atom is 0.499 e. The second kappa shape index (κ2) is 5.32. The lowest BCUT2D eigenvalue weighted by Gasteiger charge is -2.31. The smallest absolute Gasteiger partial charge is 0.423 e. The zero-order valence-corrected chi connectivity index (χ0v) is 10.4. The van der Waals surface area contributed by atoms with E-state index in [9.17, 15) is 0 Å². The van der Waals surface area contributed by atoms with Gasteiger partial charge in [-0.1, -0.05) is 12.5 Å². The lowest BCUT2D eigenvalue weighted by Crippen LogP contribution is -2.32. The molecule has 0 unspecified atom stereocenters. The molecule has 1 aromatic rings. The first-order valence-electron chi connectivity index (χ1n) is 5.88. The molecule has 0 aromatic carbocycles. The number of piperidine rings is 1. The van der Waals surface area contributed by atoms with Gasteiger partial charge >= 0.3 is 7.12 Å². The first-order chi connectivity index (χ1) is 7.68. The fourth-order valence-electron chi connectivity index (χ4n) is 2.22. The molecule has 88 valence electrons. The highest BCUT2D eigenvalue weighted by Crippen LogP contribution is 2.26. The highest BCUT2D eigenvalue weighted by molar-refractivity contribution is 7.22. The third kappa shape index (κ3) is 2.66. The van der Waals surface area contributed by atoms with E-state index in [2.05, 4.69) is 11.8 Å². The molecular formula is C11H18BNO2S. The molecule has 0 aliphatic carbocycles. The molecule has 0 radical (unpaired) electrons. The van der Waals surface area contributed by atoms with Crippen LogP contribution in [0, 0.1) is 0 Å². The maximum atomic E-state index is 9.08. The Morgan fingerprint density at radius 3 is 2.50 bits per heavy atom. The average Bonchev–Trinajstić information content (AvgIpc) is 2.78. The van der Waals surface area contributed by atoms with Gasteiger partial charge in [0, 0.05) is 15.7 Å². The van der Waals surface area contributed by atoms with Crippen LogP contribution in [0.4, 0.5) is 0 Å². The number of nitrogens with zero attached hydrogens (tertiary/aromatic N) is 1. The van der Waals surface area contributed by atoms with Crippen molar-refractivity contribution in [3.63, 3.8) is 0 Å². The summed E-state index contributed by atoms with van der Waals surface area (Å²) in [6.45, 7) is 4.52. The molecule has 1 fully saturated rings. The van der Waals surface area contributed by atoms with Crippen LogP contribution < -0.4 is 4.78 Å². The van der Waals surface area contributed by atoms with Crippen LogP contribution in [0.15, 0.2) is 12.1 Å². The van der Waals surface area contributed by atoms with Crippen LogP contribution in [0.2, 0.25) is 0 Å². The predicted octanol–water partition coefficient (Wildman–Crippen LogP) is 0.975. The molecule has 2 N–H and O–H groups in total. The van der Waals surface area contributed by atoms with Crippen LogP contribution in [0.25, 0.3) is 0 Å². The van der Waals surface area contributed by atoms with Crippen LogP contribution in [-0.2, 0) is 0 Å². The van der Waals surface area contributed by atoms with Crippen LogP contribution in [-0.4, -0.2) is 35.2 Å². The van der Waals surface area contributed by atoms with E-state index in [1.807, 2.05) is 12.1 Å². The summed E-state index contributed by atoms with van der Waals surface area (Å²) in [5, 5.41) is 18.2. The van der Waals surface area contributed by atoms with Gasteiger partial charge in [0.05, 0.1) is 0 Å². The van der Waals surface area contributed by atoms with E-state index in [1.165, 1.54) is 35.5 Å². The van der Waals surface area contributed by atoms with Crippen molar-refractivity contribution in [3.05, 3.63) is 17.0 Å². The fourth-order valence-corrected chi connectivity index (χ4v) is 3.19. The van der Waals surface area contributed by atoms with Gasteiger partial charge in [-0.25, -0.2) is 0 Å². The molecule has 2 heterocycles. The molecule has 0 spiro atoms. The summed E-state index contributed by atoms with van der Waals surface area (Å²) in [7, 11) is -1.33. The second-order valence-corrected chi connectivity index (χ2v) is 5.53. The largest absolute Gasteiger partial charge is 0.499 e. The molecule has 1 aromatic heterocycles. The maximum absolute atomic E-state index is 9.08. The lowest BCUT2D eigenvalue weighted by atomic mass is 9.90. The SMILES string of the molecule is C[C@H](c1ccc(B(O)O)s1)N1CCCCC1. The van der Waals surface area contributed by atoms with Crippen molar-refractivity contribution < 1.29 is 10.0 Å². The molecule has 0 saturated carbocycles. The molecule has 5 heteroatoms. The Morgan fingerprint density at radius 2 is 1.94 bits per heavy atom. The summed E-state index contributed by atoms with van der Waals surface area (Å²) in [5.74, 6) is 0.